The molecule has 8 nitrogen and oxygen atoms in total. The minimum atomic E-state index is -0.108. The Kier molecular flexibility index (Phi) is 5.62. The van der Waals surface area contributed by atoms with Gasteiger partial charge >= 0.3 is 0 Å². The van der Waals surface area contributed by atoms with E-state index in [0.717, 1.165) is 22.0 Å². The van der Waals surface area contributed by atoms with E-state index in [-0.39, 0.29) is 11.7 Å². The molecule has 30 heavy (non-hydrogen) atoms. The summed E-state index contributed by atoms with van der Waals surface area (Å²) in [7, 11) is 1.77. The number of nitrogens with one attached hydrogen (secondary N) is 1. The first-order valence-electron chi connectivity index (χ1n) is 9.37. The highest BCUT2D eigenvalue weighted by Gasteiger charge is 2.12. The largest absolute Gasteiger partial charge is 0.325 e. The number of aryl methyl sites for hydroxylation is 3. The summed E-state index contributed by atoms with van der Waals surface area (Å²) in [6, 6.07) is 13.7. The molecule has 0 unspecified atom stereocenters. The van der Waals surface area contributed by atoms with Crippen molar-refractivity contribution in [1.29, 1.82) is 0 Å². The van der Waals surface area contributed by atoms with Gasteiger partial charge < -0.3 is 5.32 Å². The van der Waals surface area contributed by atoms with Crippen LogP contribution in [0, 0.1) is 13.8 Å². The maximum Gasteiger partial charge on any atom is 0.234 e. The number of hydrogen-bond donors (Lipinski definition) is 1. The zero-order valence-corrected chi connectivity index (χ0v) is 17.7. The molecule has 9 heteroatoms. The average Bonchev–Trinajstić information content (AvgIpc) is 3.37. The molecule has 0 aliphatic heterocycles. The first-order valence-corrected chi connectivity index (χ1v) is 10.4. The lowest BCUT2D eigenvalue weighted by Gasteiger charge is -2.11. The minimum absolute atomic E-state index is 0.108. The Hall–Kier alpha value is -3.46. The number of nitrogens with zero attached hydrogens (tertiary/aromatic N) is 6. The van der Waals surface area contributed by atoms with E-state index in [2.05, 4.69) is 57.9 Å². The number of tetrazole rings is 1. The van der Waals surface area contributed by atoms with Crippen LogP contribution >= 0.6 is 11.8 Å². The normalized spacial score (nSPS) is 10.9. The minimum Gasteiger partial charge on any atom is -0.325 e. The van der Waals surface area contributed by atoms with Crippen molar-refractivity contribution in [3.8, 4) is 17.1 Å². The zero-order chi connectivity index (χ0) is 21.1. The Morgan fingerprint density at radius 2 is 2.03 bits per heavy atom. The monoisotopic (exact) mass is 419 g/mol. The molecule has 0 saturated heterocycles. The predicted molar refractivity (Wildman–Crippen MR) is 117 cm³/mol. The van der Waals surface area contributed by atoms with E-state index in [1.54, 1.807) is 17.9 Å². The summed E-state index contributed by atoms with van der Waals surface area (Å²) in [5, 5.41) is 15.2. The van der Waals surface area contributed by atoms with Crippen molar-refractivity contribution in [3.63, 3.8) is 0 Å². The molecule has 0 fully saturated rings. The summed E-state index contributed by atoms with van der Waals surface area (Å²) in [5.41, 5.74) is 4.92. The van der Waals surface area contributed by atoms with E-state index in [1.165, 1.54) is 17.3 Å². The topological polar surface area (TPSA) is 90.5 Å². The van der Waals surface area contributed by atoms with E-state index in [9.17, 15) is 4.79 Å². The third-order valence-electron chi connectivity index (χ3n) is 4.59. The predicted octanol–water partition coefficient (Wildman–Crippen LogP) is 3.41. The standard InChI is InChI=1S/C21H21N7OS/c1-14-7-8-15(2)18(11-14)28-10-9-22-21(28)30-13-19(29)23-17-6-4-5-16(12-17)20-24-25-26-27(20)3/h4-12H,13H2,1-3H3,(H,23,29). The lowest BCUT2D eigenvalue weighted by Crippen LogP contribution is -2.14. The summed E-state index contributed by atoms with van der Waals surface area (Å²) < 4.78 is 3.60. The summed E-state index contributed by atoms with van der Waals surface area (Å²) in [5.74, 6) is 0.775. The molecule has 0 saturated carbocycles. The number of imidazole rings is 1. The molecule has 1 N–H and O–H groups in total. The van der Waals surface area contributed by atoms with Gasteiger partial charge in [-0.05, 0) is 53.6 Å². The van der Waals surface area contributed by atoms with Gasteiger partial charge in [-0.3, -0.25) is 9.36 Å². The molecule has 2 aromatic heterocycles. The van der Waals surface area contributed by atoms with Crippen molar-refractivity contribution < 1.29 is 4.79 Å². The van der Waals surface area contributed by atoms with Crippen LogP contribution in [-0.2, 0) is 11.8 Å². The fourth-order valence-electron chi connectivity index (χ4n) is 3.10. The molecular formula is C21H21N7OS. The number of carbonyl (C=O) groups excluding carboxylic acids is 1. The van der Waals surface area contributed by atoms with E-state index in [0.29, 0.717) is 11.5 Å². The smallest absolute Gasteiger partial charge is 0.234 e. The lowest BCUT2D eigenvalue weighted by atomic mass is 10.1. The van der Waals surface area contributed by atoms with Gasteiger partial charge in [-0.1, -0.05) is 36.0 Å². The van der Waals surface area contributed by atoms with Gasteiger partial charge in [0.05, 0.1) is 11.4 Å². The summed E-state index contributed by atoms with van der Waals surface area (Å²) >= 11 is 1.40. The molecule has 0 atom stereocenters. The van der Waals surface area contributed by atoms with Crippen molar-refractivity contribution in [3.05, 3.63) is 66.0 Å². The van der Waals surface area contributed by atoms with Crippen LogP contribution in [0.3, 0.4) is 0 Å². The molecule has 2 heterocycles. The molecule has 4 aromatic rings. The van der Waals surface area contributed by atoms with Crippen LogP contribution in [0.2, 0.25) is 0 Å². The molecule has 0 radical (unpaired) electrons. The summed E-state index contributed by atoms with van der Waals surface area (Å²) in [4.78, 5) is 16.9. The van der Waals surface area contributed by atoms with Crippen molar-refractivity contribution >= 4 is 23.4 Å². The van der Waals surface area contributed by atoms with Gasteiger partial charge in [0.15, 0.2) is 11.0 Å². The number of anilines is 1. The number of amides is 1. The second-order valence-electron chi connectivity index (χ2n) is 6.91. The maximum atomic E-state index is 12.5. The van der Waals surface area contributed by atoms with Crippen LogP contribution in [0.4, 0.5) is 5.69 Å². The fraction of sp³-hybridized carbons (Fsp3) is 0.190. The highest BCUT2D eigenvalue weighted by Crippen LogP contribution is 2.24. The number of aromatic nitrogens is 6. The molecular weight excluding hydrogens is 398 g/mol. The van der Waals surface area contributed by atoms with Gasteiger partial charge in [-0.15, -0.1) is 5.10 Å². The van der Waals surface area contributed by atoms with E-state index in [1.807, 2.05) is 35.0 Å². The van der Waals surface area contributed by atoms with Crippen molar-refractivity contribution in [2.45, 2.75) is 19.0 Å². The van der Waals surface area contributed by atoms with Crippen molar-refractivity contribution in [2.24, 2.45) is 7.05 Å². The second kappa shape index (κ2) is 8.50. The molecule has 152 valence electrons. The van der Waals surface area contributed by atoms with Gasteiger partial charge in [0.25, 0.3) is 0 Å². The molecule has 0 bridgehead atoms. The first kappa shape index (κ1) is 19.8. The first-order chi connectivity index (χ1) is 14.5. The SMILES string of the molecule is Cc1ccc(C)c(-n2ccnc2SCC(=O)Nc2cccc(-c3nnnn3C)c2)c1. The molecule has 4 rings (SSSR count). The Bertz CT molecular complexity index is 1200. The quantitative estimate of drug-likeness (QED) is 0.482. The molecule has 0 aliphatic rings. The van der Waals surface area contributed by atoms with Crippen molar-refractivity contribution in [2.75, 3.05) is 11.1 Å². The van der Waals surface area contributed by atoms with Gasteiger partial charge in [0.2, 0.25) is 5.91 Å². The Morgan fingerprint density at radius 3 is 2.83 bits per heavy atom. The summed E-state index contributed by atoms with van der Waals surface area (Å²) in [6.07, 6.45) is 3.67. The van der Waals surface area contributed by atoms with E-state index >= 15 is 0 Å². The number of hydrogen-bond acceptors (Lipinski definition) is 6. The van der Waals surface area contributed by atoms with Crippen LogP contribution in [0.15, 0.2) is 60.0 Å². The number of carbonyl (C=O) groups is 1. The van der Waals surface area contributed by atoms with Crippen LogP contribution in [0.5, 0.6) is 0 Å². The van der Waals surface area contributed by atoms with Crippen LogP contribution in [0.25, 0.3) is 17.1 Å². The zero-order valence-electron chi connectivity index (χ0n) is 16.9. The van der Waals surface area contributed by atoms with Crippen LogP contribution in [-0.4, -0.2) is 41.4 Å². The van der Waals surface area contributed by atoms with Gasteiger partial charge in [-0.2, -0.15) is 0 Å². The molecule has 0 aliphatic carbocycles. The van der Waals surface area contributed by atoms with Gasteiger partial charge in [-0.25, -0.2) is 9.67 Å². The highest BCUT2D eigenvalue weighted by atomic mass is 32.2. The van der Waals surface area contributed by atoms with Crippen LogP contribution < -0.4 is 5.32 Å². The summed E-state index contributed by atoms with van der Waals surface area (Å²) in [6.45, 7) is 4.13. The number of thioether (sulfide) groups is 1. The van der Waals surface area contributed by atoms with E-state index in [4.69, 9.17) is 0 Å². The Labute approximate surface area is 178 Å². The number of rotatable bonds is 6. The third-order valence-corrected chi connectivity index (χ3v) is 5.55. The van der Waals surface area contributed by atoms with E-state index < -0.39 is 0 Å². The van der Waals surface area contributed by atoms with Crippen molar-refractivity contribution in [1.82, 2.24) is 29.8 Å². The Morgan fingerprint density at radius 1 is 1.17 bits per heavy atom. The molecule has 2 aromatic carbocycles. The molecule has 1 amide bonds. The Balaban J connectivity index is 1.44. The third kappa shape index (κ3) is 4.25. The van der Waals surface area contributed by atoms with Gasteiger partial charge in [0, 0.05) is 30.7 Å². The number of benzene rings is 2. The lowest BCUT2D eigenvalue weighted by molar-refractivity contribution is -0.113. The molecule has 0 spiro atoms. The maximum absolute atomic E-state index is 12.5. The second-order valence-corrected chi connectivity index (χ2v) is 7.86. The highest BCUT2D eigenvalue weighted by molar-refractivity contribution is 7.99. The fourth-order valence-corrected chi connectivity index (χ4v) is 3.86. The van der Waals surface area contributed by atoms with Gasteiger partial charge in [0.1, 0.15) is 0 Å². The van der Waals surface area contributed by atoms with Crippen LogP contribution in [0.1, 0.15) is 11.1 Å². The average molecular weight is 420 g/mol.